The molecule has 0 aromatic heterocycles. The molecule has 4 heteroatoms. The molecule has 1 aliphatic carbocycles. The van der Waals surface area contributed by atoms with Gasteiger partial charge in [-0.05, 0) is 25.7 Å². The zero-order valence-electron chi connectivity index (χ0n) is 9.88. The quantitative estimate of drug-likeness (QED) is 0.698. The van der Waals surface area contributed by atoms with Crippen LogP contribution < -0.4 is 11.5 Å². The molecule has 1 aliphatic rings. The van der Waals surface area contributed by atoms with Crippen molar-refractivity contribution in [3.8, 4) is 0 Å². The molecule has 0 aromatic carbocycles. The third-order valence-electron chi connectivity index (χ3n) is 3.50. The first-order valence-electron chi connectivity index (χ1n) is 5.51. The van der Waals surface area contributed by atoms with Gasteiger partial charge in [0.2, 0.25) is 0 Å². The molecule has 4 N–H and O–H groups in total. The Hall–Kier alpha value is -0.770. The fourth-order valence-corrected chi connectivity index (χ4v) is 2.30. The van der Waals surface area contributed by atoms with Crippen molar-refractivity contribution in [3.63, 3.8) is 0 Å². The summed E-state index contributed by atoms with van der Waals surface area (Å²) in [5.41, 5.74) is 10.5. The van der Waals surface area contributed by atoms with E-state index in [-0.39, 0.29) is 11.5 Å². The highest BCUT2D eigenvalue weighted by molar-refractivity contribution is 5.65. The van der Waals surface area contributed by atoms with Gasteiger partial charge in [-0.15, -0.1) is 0 Å². The van der Waals surface area contributed by atoms with Crippen molar-refractivity contribution >= 4 is 6.09 Å². The number of rotatable bonds is 1. The average molecular weight is 214 g/mol. The van der Waals surface area contributed by atoms with E-state index in [1.54, 1.807) is 0 Å². The van der Waals surface area contributed by atoms with Gasteiger partial charge in [-0.2, -0.15) is 0 Å². The SMILES string of the molecule is CC(C)(C)C1(OC(N)=O)CCC(N)CC1. The molecular weight excluding hydrogens is 192 g/mol. The van der Waals surface area contributed by atoms with Crippen molar-refractivity contribution in [1.29, 1.82) is 0 Å². The highest BCUT2D eigenvalue weighted by Crippen LogP contribution is 2.44. The molecule has 0 aliphatic heterocycles. The van der Waals surface area contributed by atoms with Gasteiger partial charge in [-0.1, -0.05) is 20.8 Å². The van der Waals surface area contributed by atoms with E-state index in [2.05, 4.69) is 20.8 Å². The summed E-state index contributed by atoms with van der Waals surface area (Å²) in [7, 11) is 0. The van der Waals surface area contributed by atoms with Gasteiger partial charge in [0.1, 0.15) is 5.60 Å². The Morgan fingerprint density at radius 1 is 1.33 bits per heavy atom. The molecule has 0 aromatic rings. The van der Waals surface area contributed by atoms with Crippen LogP contribution in [0, 0.1) is 5.41 Å². The summed E-state index contributed by atoms with van der Waals surface area (Å²) in [5.74, 6) is 0. The number of amides is 1. The lowest BCUT2D eigenvalue weighted by Crippen LogP contribution is -2.52. The van der Waals surface area contributed by atoms with Crippen molar-refractivity contribution in [2.24, 2.45) is 16.9 Å². The Labute approximate surface area is 91.3 Å². The maximum absolute atomic E-state index is 11.0. The van der Waals surface area contributed by atoms with E-state index in [0.29, 0.717) is 0 Å². The Balaban J connectivity index is 2.83. The van der Waals surface area contributed by atoms with E-state index >= 15 is 0 Å². The molecule has 1 rings (SSSR count). The Morgan fingerprint density at radius 3 is 2.13 bits per heavy atom. The summed E-state index contributed by atoms with van der Waals surface area (Å²) in [4.78, 5) is 11.0. The molecule has 88 valence electrons. The Bertz CT molecular complexity index is 237. The van der Waals surface area contributed by atoms with Crippen molar-refractivity contribution in [2.75, 3.05) is 0 Å². The minimum atomic E-state index is -0.680. The predicted octanol–water partition coefficient (Wildman–Crippen LogP) is 1.77. The van der Waals surface area contributed by atoms with Crippen LogP contribution in [-0.4, -0.2) is 17.7 Å². The van der Waals surface area contributed by atoms with Gasteiger partial charge in [0.15, 0.2) is 0 Å². The van der Waals surface area contributed by atoms with E-state index in [9.17, 15) is 4.79 Å². The normalized spacial score (nSPS) is 32.4. The second-order valence-corrected chi connectivity index (χ2v) is 5.50. The van der Waals surface area contributed by atoms with Crippen molar-refractivity contribution < 1.29 is 9.53 Å². The van der Waals surface area contributed by atoms with Crippen LogP contribution >= 0.6 is 0 Å². The molecule has 1 saturated carbocycles. The zero-order chi connectivity index (χ0) is 11.7. The second-order valence-electron chi connectivity index (χ2n) is 5.50. The van der Waals surface area contributed by atoms with Gasteiger partial charge >= 0.3 is 6.09 Å². The smallest absolute Gasteiger partial charge is 0.405 e. The molecule has 0 radical (unpaired) electrons. The lowest BCUT2D eigenvalue weighted by molar-refractivity contribution is -0.0914. The highest BCUT2D eigenvalue weighted by atomic mass is 16.6. The van der Waals surface area contributed by atoms with Crippen LogP contribution in [0.4, 0.5) is 4.79 Å². The van der Waals surface area contributed by atoms with Crippen LogP contribution in [0.3, 0.4) is 0 Å². The molecule has 0 atom stereocenters. The molecule has 15 heavy (non-hydrogen) atoms. The van der Waals surface area contributed by atoms with Gasteiger partial charge < -0.3 is 16.2 Å². The van der Waals surface area contributed by atoms with E-state index in [1.807, 2.05) is 0 Å². The van der Waals surface area contributed by atoms with Crippen LogP contribution in [0.2, 0.25) is 0 Å². The minimum absolute atomic E-state index is 0.0951. The third kappa shape index (κ3) is 2.62. The number of primary amides is 1. The maximum atomic E-state index is 11.0. The zero-order valence-corrected chi connectivity index (χ0v) is 9.88. The maximum Gasteiger partial charge on any atom is 0.405 e. The topological polar surface area (TPSA) is 78.3 Å². The number of ether oxygens (including phenoxy) is 1. The van der Waals surface area contributed by atoms with Gasteiger partial charge in [0.25, 0.3) is 0 Å². The number of hydrogen-bond acceptors (Lipinski definition) is 3. The highest BCUT2D eigenvalue weighted by Gasteiger charge is 2.47. The number of carbonyl (C=O) groups excluding carboxylic acids is 1. The standard InChI is InChI=1S/C11H22N2O2/c1-10(2,3)11(15-9(13)14)6-4-8(12)5-7-11/h8H,4-7,12H2,1-3H3,(H2,13,14). The number of hydrogen-bond donors (Lipinski definition) is 2. The largest absolute Gasteiger partial charge is 0.443 e. The van der Waals surface area contributed by atoms with E-state index in [0.717, 1.165) is 25.7 Å². The summed E-state index contributed by atoms with van der Waals surface area (Å²) < 4.78 is 5.37. The average Bonchev–Trinajstić information content (AvgIpc) is 2.06. The van der Waals surface area contributed by atoms with Crippen LogP contribution in [0.15, 0.2) is 0 Å². The Kier molecular flexibility index (Phi) is 3.28. The van der Waals surface area contributed by atoms with Crippen molar-refractivity contribution in [3.05, 3.63) is 0 Å². The van der Waals surface area contributed by atoms with Gasteiger partial charge in [-0.25, -0.2) is 4.79 Å². The van der Waals surface area contributed by atoms with Crippen molar-refractivity contribution in [1.82, 2.24) is 0 Å². The van der Waals surface area contributed by atoms with Crippen LogP contribution in [0.25, 0.3) is 0 Å². The molecule has 0 spiro atoms. The van der Waals surface area contributed by atoms with E-state index in [1.165, 1.54) is 0 Å². The fourth-order valence-electron chi connectivity index (χ4n) is 2.30. The second kappa shape index (κ2) is 4.00. The molecule has 0 unspecified atom stereocenters. The molecule has 0 bridgehead atoms. The molecule has 0 saturated heterocycles. The van der Waals surface area contributed by atoms with Gasteiger partial charge in [0.05, 0.1) is 0 Å². The first-order chi connectivity index (χ1) is 6.77. The summed E-state index contributed by atoms with van der Waals surface area (Å²) in [5, 5.41) is 0. The third-order valence-corrected chi connectivity index (χ3v) is 3.50. The molecule has 1 amide bonds. The predicted molar refractivity (Wildman–Crippen MR) is 59.3 cm³/mol. The van der Waals surface area contributed by atoms with E-state index < -0.39 is 11.7 Å². The molecule has 1 fully saturated rings. The van der Waals surface area contributed by atoms with Crippen LogP contribution in [-0.2, 0) is 4.74 Å². The summed E-state index contributed by atoms with van der Waals surface area (Å²) >= 11 is 0. The number of nitrogens with two attached hydrogens (primary N) is 2. The summed E-state index contributed by atoms with van der Waals surface area (Å²) in [6.07, 6.45) is 2.72. The molecule has 0 heterocycles. The van der Waals surface area contributed by atoms with Gasteiger partial charge in [-0.3, -0.25) is 0 Å². The van der Waals surface area contributed by atoms with E-state index in [4.69, 9.17) is 16.2 Å². The van der Waals surface area contributed by atoms with Crippen molar-refractivity contribution in [2.45, 2.75) is 58.1 Å². The molecule has 4 nitrogen and oxygen atoms in total. The van der Waals surface area contributed by atoms with Gasteiger partial charge in [0, 0.05) is 11.5 Å². The lowest BCUT2D eigenvalue weighted by Gasteiger charge is -2.47. The fraction of sp³-hybridized carbons (Fsp3) is 0.909. The van der Waals surface area contributed by atoms with Crippen LogP contribution in [0.5, 0.6) is 0 Å². The van der Waals surface area contributed by atoms with Crippen LogP contribution in [0.1, 0.15) is 46.5 Å². The monoisotopic (exact) mass is 214 g/mol. The lowest BCUT2D eigenvalue weighted by atomic mass is 9.67. The summed E-state index contributed by atoms with van der Waals surface area (Å²) in [6, 6.07) is 0.233. The minimum Gasteiger partial charge on any atom is -0.443 e. The first-order valence-corrected chi connectivity index (χ1v) is 5.51. The summed E-state index contributed by atoms with van der Waals surface area (Å²) in [6.45, 7) is 6.23. The number of carbonyl (C=O) groups is 1. The molecular formula is C11H22N2O2. The first kappa shape index (κ1) is 12.3. The Morgan fingerprint density at radius 2 is 1.80 bits per heavy atom.